The van der Waals surface area contributed by atoms with E-state index in [-0.39, 0.29) is 12.0 Å². The van der Waals surface area contributed by atoms with E-state index < -0.39 is 0 Å². The molecule has 3 rings (SSSR count). The fourth-order valence-corrected chi connectivity index (χ4v) is 2.10. The molecule has 4 nitrogen and oxygen atoms in total. The predicted octanol–water partition coefficient (Wildman–Crippen LogP) is 2.25. The molecule has 2 aromatic carbocycles. The fraction of sp³-hybridized carbons (Fsp3) is 0.235. The van der Waals surface area contributed by atoms with Crippen molar-refractivity contribution in [3.63, 3.8) is 0 Å². The molecule has 0 saturated carbocycles. The molecule has 0 aliphatic carbocycles. The first kappa shape index (κ1) is 13.6. The van der Waals surface area contributed by atoms with Crippen molar-refractivity contribution >= 4 is 5.91 Å². The number of rotatable bonds is 6. The molecule has 2 aromatic rings. The first-order valence-electron chi connectivity index (χ1n) is 7.01. The minimum Gasteiger partial charge on any atom is -0.491 e. The second-order valence-electron chi connectivity index (χ2n) is 4.82. The van der Waals surface area contributed by atoms with Crippen molar-refractivity contribution in [2.75, 3.05) is 19.8 Å². The SMILES string of the molecule is O=C(NCCOc1ccccc1-c1ccccc1)C1CO1. The number of epoxide rings is 1. The lowest BCUT2D eigenvalue weighted by Gasteiger charge is -2.12. The minimum atomic E-state index is -0.249. The average Bonchev–Trinajstić information content (AvgIpc) is 3.37. The van der Waals surface area contributed by atoms with Gasteiger partial charge in [0, 0.05) is 5.56 Å². The summed E-state index contributed by atoms with van der Waals surface area (Å²) in [5.74, 6) is 0.760. The van der Waals surface area contributed by atoms with Crippen LogP contribution in [0.2, 0.25) is 0 Å². The quantitative estimate of drug-likeness (QED) is 0.653. The summed E-state index contributed by atoms with van der Waals surface area (Å²) >= 11 is 0. The Balaban J connectivity index is 1.59. The van der Waals surface area contributed by atoms with E-state index in [0.29, 0.717) is 19.8 Å². The molecule has 1 heterocycles. The first-order valence-corrected chi connectivity index (χ1v) is 7.01. The van der Waals surface area contributed by atoms with Crippen molar-refractivity contribution in [2.24, 2.45) is 0 Å². The van der Waals surface area contributed by atoms with Crippen molar-refractivity contribution in [3.8, 4) is 16.9 Å². The van der Waals surface area contributed by atoms with Crippen molar-refractivity contribution in [1.29, 1.82) is 0 Å². The molecule has 21 heavy (non-hydrogen) atoms. The molecule has 0 radical (unpaired) electrons. The van der Waals surface area contributed by atoms with Gasteiger partial charge < -0.3 is 14.8 Å². The number of hydrogen-bond donors (Lipinski definition) is 1. The molecule has 4 heteroatoms. The largest absolute Gasteiger partial charge is 0.491 e. The van der Waals surface area contributed by atoms with Crippen LogP contribution >= 0.6 is 0 Å². The highest BCUT2D eigenvalue weighted by molar-refractivity contribution is 5.82. The summed E-state index contributed by atoms with van der Waals surface area (Å²) in [4.78, 5) is 11.4. The number of carbonyl (C=O) groups is 1. The number of carbonyl (C=O) groups excluding carboxylic acids is 1. The highest BCUT2D eigenvalue weighted by atomic mass is 16.6. The topological polar surface area (TPSA) is 50.9 Å². The third-order valence-electron chi connectivity index (χ3n) is 3.26. The molecule has 0 aromatic heterocycles. The molecule has 1 fully saturated rings. The Morgan fingerprint density at radius 1 is 1.14 bits per heavy atom. The number of hydrogen-bond acceptors (Lipinski definition) is 3. The molecule has 1 amide bonds. The fourth-order valence-electron chi connectivity index (χ4n) is 2.10. The lowest BCUT2D eigenvalue weighted by Crippen LogP contribution is -2.31. The Morgan fingerprint density at radius 2 is 1.86 bits per heavy atom. The molecule has 1 aliphatic rings. The van der Waals surface area contributed by atoms with E-state index in [1.807, 2.05) is 42.5 Å². The van der Waals surface area contributed by atoms with Gasteiger partial charge in [-0.3, -0.25) is 4.79 Å². The van der Waals surface area contributed by atoms with Crippen LogP contribution in [0.1, 0.15) is 0 Å². The number of amides is 1. The second kappa shape index (κ2) is 6.41. The smallest absolute Gasteiger partial charge is 0.251 e. The van der Waals surface area contributed by atoms with Gasteiger partial charge in [-0.15, -0.1) is 0 Å². The van der Waals surface area contributed by atoms with Gasteiger partial charge in [-0.25, -0.2) is 0 Å². The monoisotopic (exact) mass is 283 g/mol. The molecular formula is C17H17NO3. The maximum absolute atomic E-state index is 11.4. The lowest BCUT2D eigenvalue weighted by molar-refractivity contribution is -0.122. The molecule has 108 valence electrons. The van der Waals surface area contributed by atoms with Crippen LogP contribution in [0, 0.1) is 0 Å². The zero-order valence-electron chi connectivity index (χ0n) is 11.6. The predicted molar refractivity (Wildman–Crippen MR) is 80.1 cm³/mol. The van der Waals surface area contributed by atoms with Gasteiger partial charge in [-0.05, 0) is 11.6 Å². The van der Waals surface area contributed by atoms with Crippen molar-refractivity contribution in [3.05, 3.63) is 54.6 Å². The third-order valence-corrected chi connectivity index (χ3v) is 3.26. The van der Waals surface area contributed by atoms with Crippen LogP contribution in [-0.2, 0) is 9.53 Å². The van der Waals surface area contributed by atoms with Gasteiger partial charge in [0.15, 0.2) is 6.10 Å². The Bertz CT molecular complexity index is 608. The van der Waals surface area contributed by atoms with Gasteiger partial charge in [0.2, 0.25) is 0 Å². The summed E-state index contributed by atoms with van der Waals surface area (Å²) in [5.41, 5.74) is 2.17. The third kappa shape index (κ3) is 3.61. The molecule has 1 saturated heterocycles. The average molecular weight is 283 g/mol. The molecule has 1 aliphatic heterocycles. The van der Waals surface area contributed by atoms with Crippen molar-refractivity contribution in [1.82, 2.24) is 5.32 Å². The van der Waals surface area contributed by atoms with Gasteiger partial charge in [-0.2, -0.15) is 0 Å². The summed E-state index contributed by atoms with van der Waals surface area (Å²) in [6.45, 7) is 1.44. The standard InChI is InChI=1S/C17H17NO3/c19-17(16-12-21-16)18-10-11-20-15-9-5-4-8-14(15)13-6-2-1-3-7-13/h1-9,16H,10-12H2,(H,18,19). The van der Waals surface area contributed by atoms with Gasteiger partial charge in [0.05, 0.1) is 13.2 Å². The Kier molecular flexibility index (Phi) is 4.17. The number of para-hydroxylation sites is 1. The number of benzene rings is 2. The second-order valence-corrected chi connectivity index (χ2v) is 4.82. The van der Waals surface area contributed by atoms with Crippen LogP contribution in [0.5, 0.6) is 5.75 Å². The lowest BCUT2D eigenvalue weighted by atomic mass is 10.1. The number of ether oxygens (including phenoxy) is 2. The molecule has 1 N–H and O–H groups in total. The number of nitrogens with one attached hydrogen (secondary N) is 1. The van der Waals surface area contributed by atoms with Crippen LogP contribution in [0.25, 0.3) is 11.1 Å². The molecular weight excluding hydrogens is 266 g/mol. The maximum Gasteiger partial charge on any atom is 0.251 e. The van der Waals surface area contributed by atoms with Crippen LogP contribution in [0.4, 0.5) is 0 Å². The Labute approximate surface area is 123 Å². The Hall–Kier alpha value is -2.33. The molecule has 0 bridgehead atoms. The van der Waals surface area contributed by atoms with Crippen molar-refractivity contribution < 1.29 is 14.3 Å². The normalized spacial score (nSPS) is 16.3. The van der Waals surface area contributed by atoms with Crippen LogP contribution in [0.3, 0.4) is 0 Å². The van der Waals surface area contributed by atoms with E-state index in [0.717, 1.165) is 16.9 Å². The van der Waals surface area contributed by atoms with Crippen LogP contribution in [0.15, 0.2) is 54.6 Å². The highest BCUT2D eigenvalue weighted by Crippen LogP contribution is 2.29. The van der Waals surface area contributed by atoms with E-state index >= 15 is 0 Å². The van der Waals surface area contributed by atoms with Gasteiger partial charge in [-0.1, -0.05) is 48.5 Å². The maximum atomic E-state index is 11.4. The van der Waals surface area contributed by atoms with E-state index in [2.05, 4.69) is 17.4 Å². The first-order chi connectivity index (χ1) is 10.3. The summed E-state index contributed by atoms with van der Waals surface area (Å²) in [5, 5.41) is 2.79. The van der Waals surface area contributed by atoms with E-state index in [9.17, 15) is 4.79 Å². The Morgan fingerprint density at radius 3 is 2.62 bits per heavy atom. The van der Waals surface area contributed by atoms with Gasteiger partial charge in [0.25, 0.3) is 5.91 Å². The molecule has 0 spiro atoms. The van der Waals surface area contributed by atoms with Gasteiger partial charge in [0.1, 0.15) is 12.4 Å². The summed E-state index contributed by atoms with van der Waals surface area (Å²) in [6.07, 6.45) is -0.249. The molecule has 1 unspecified atom stereocenters. The van der Waals surface area contributed by atoms with Crippen LogP contribution < -0.4 is 10.1 Å². The van der Waals surface area contributed by atoms with E-state index in [1.54, 1.807) is 0 Å². The summed E-state index contributed by atoms with van der Waals surface area (Å²) in [6, 6.07) is 18.0. The summed E-state index contributed by atoms with van der Waals surface area (Å²) < 4.78 is 10.7. The van der Waals surface area contributed by atoms with Crippen molar-refractivity contribution in [2.45, 2.75) is 6.10 Å². The van der Waals surface area contributed by atoms with E-state index in [1.165, 1.54) is 0 Å². The van der Waals surface area contributed by atoms with E-state index in [4.69, 9.17) is 9.47 Å². The highest BCUT2D eigenvalue weighted by Gasteiger charge is 2.30. The molecule has 1 atom stereocenters. The van der Waals surface area contributed by atoms with Crippen LogP contribution in [-0.4, -0.2) is 31.8 Å². The zero-order valence-corrected chi connectivity index (χ0v) is 11.6. The summed E-state index contributed by atoms with van der Waals surface area (Å²) in [7, 11) is 0. The zero-order chi connectivity index (χ0) is 14.5. The van der Waals surface area contributed by atoms with Gasteiger partial charge >= 0.3 is 0 Å². The minimum absolute atomic E-state index is 0.0602.